The molecule has 64 heavy (non-hydrogen) atoms. The van der Waals surface area contributed by atoms with Gasteiger partial charge in [0.05, 0.1) is 0 Å². The summed E-state index contributed by atoms with van der Waals surface area (Å²) in [7, 11) is 0. The van der Waals surface area contributed by atoms with E-state index in [4.69, 9.17) is 9.05 Å². The number of halogens is 1. The average Bonchev–Trinajstić information content (AvgIpc) is 3.99. The highest BCUT2D eigenvalue weighted by Crippen LogP contribution is 2.34. The topological polar surface area (TPSA) is 168 Å². The molecule has 0 unspecified atom stereocenters. The van der Waals surface area contributed by atoms with Crippen molar-refractivity contribution in [3.63, 3.8) is 0 Å². The molecule has 1 aliphatic heterocycles. The average molecular weight is 863 g/mol. The second kappa shape index (κ2) is 19.7. The van der Waals surface area contributed by atoms with Gasteiger partial charge in [0.15, 0.2) is 5.41 Å². The number of hydrogen-bond acceptors (Lipinski definition) is 10. The molecule has 0 bridgehead atoms. The molecule has 328 valence electrons. The lowest BCUT2D eigenvalue weighted by Crippen LogP contribution is -2.48. The van der Waals surface area contributed by atoms with Gasteiger partial charge >= 0.3 is 11.9 Å². The summed E-state index contributed by atoms with van der Waals surface area (Å²) in [4.78, 5) is 34.0. The Morgan fingerprint density at radius 1 is 0.703 bits per heavy atom. The summed E-state index contributed by atoms with van der Waals surface area (Å²) in [6.07, 6.45) is 5.18. The standard InChI is InChI=1S/C28H24FN3O5.C23H27N3O/c29-23-16-21(10-11-22(23)19-4-2-1-3-5-19)25-30-24(31-37-25)20-8-6-18(7-9-20)17-32-14-12-28(13-15-32,26(33)34)27(35)36;1-16(2)14-17-6-12-20(13-7-17)23-25-22(26-27-23)19-10-8-18(9-11-19)15-24-21-4-3-5-21/h1-11,16H,12-15,17H2,(H,33,34)(H,35,36);6-13,16,21,24H,3-5,14-15H2,1-2H3. The quantitative estimate of drug-likeness (QED) is 0.0887. The van der Waals surface area contributed by atoms with Gasteiger partial charge in [-0.3, -0.25) is 14.5 Å². The van der Waals surface area contributed by atoms with E-state index in [1.54, 1.807) is 12.1 Å². The minimum atomic E-state index is -1.71. The Labute approximate surface area is 371 Å². The van der Waals surface area contributed by atoms with Crippen molar-refractivity contribution in [2.24, 2.45) is 11.3 Å². The van der Waals surface area contributed by atoms with E-state index >= 15 is 0 Å². The maximum Gasteiger partial charge on any atom is 0.321 e. The summed E-state index contributed by atoms with van der Waals surface area (Å²) in [6.45, 7) is 6.72. The van der Waals surface area contributed by atoms with Crippen LogP contribution in [0.25, 0.3) is 56.8 Å². The van der Waals surface area contributed by atoms with E-state index in [0.29, 0.717) is 60.3 Å². The first kappa shape index (κ1) is 43.8. The number of aliphatic carboxylic acids is 2. The van der Waals surface area contributed by atoms with Crippen LogP contribution >= 0.6 is 0 Å². The Morgan fingerprint density at radius 2 is 1.23 bits per heavy atom. The van der Waals surface area contributed by atoms with E-state index in [-0.39, 0.29) is 24.5 Å². The molecule has 0 amide bonds. The van der Waals surface area contributed by atoms with E-state index < -0.39 is 17.4 Å². The van der Waals surface area contributed by atoms with E-state index in [9.17, 15) is 24.2 Å². The third-order valence-corrected chi connectivity index (χ3v) is 12.1. The number of piperidine rings is 1. The molecule has 0 atom stereocenters. The monoisotopic (exact) mass is 862 g/mol. The second-order valence-corrected chi connectivity index (χ2v) is 17.1. The summed E-state index contributed by atoms with van der Waals surface area (Å²) in [5.41, 5.74) is 6.33. The number of carboxylic acid groups (broad SMARTS) is 2. The van der Waals surface area contributed by atoms with Gasteiger partial charge < -0.3 is 24.6 Å². The van der Waals surface area contributed by atoms with Crippen molar-refractivity contribution in [1.29, 1.82) is 0 Å². The lowest BCUT2D eigenvalue weighted by molar-refractivity contribution is -0.168. The van der Waals surface area contributed by atoms with Crippen molar-refractivity contribution in [3.05, 3.63) is 144 Å². The van der Waals surface area contributed by atoms with Crippen LogP contribution in [0, 0.1) is 17.2 Å². The van der Waals surface area contributed by atoms with E-state index in [2.05, 4.69) is 88.0 Å². The maximum atomic E-state index is 14.8. The van der Waals surface area contributed by atoms with Gasteiger partial charge in [-0.2, -0.15) is 9.97 Å². The molecule has 2 aliphatic rings. The lowest BCUT2D eigenvalue weighted by atomic mass is 9.78. The van der Waals surface area contributed by atoms with Gasteiger partial charge in [-0.15, -0.1) is 0 Å². The number of rotatable bonds is 14. The first-order valence-electron chi connectivity index (χ1n) is 21.8. The number of nitrogens with one attached hydrogen (secondary N) is 1. The molecule has 5 aromatic carbocycles. The van der Waals surface area contributed by atoms with Gasteiger partial charge in [-0.05, 0) is 84.5 Å². The highest BCUT2D eigenvalue weighted by molar-refractivity contribution is 5.98. The molecule has 2 aromatic heterocycles. The van der Waals surface area contributed by atoms with Gasteiger partial charge in [0, 0.05) is 60.0 Å². The molecule has 0 spiro atoms. The first-order chi connectivity index (χ1) is 31.0. The summed E-state index contributed by atoms with van der Waals surface area (Å²) < 4.78 is 25.6. The molecule has 0 radical (unpaired) electrons. The molecule has 9 rings (SSSR count). The Balaban J connectivity index is 0.000000184. The van der Waals surface area contributed by atoms with Crippen molar-refractivity contribution in [2.45, 2.75) is 71.5 Å². The molecule has 13 heteroatoms. The number of hydrogen-bond donors (Lipinski definition) is 3. The molecule has 12 nitrogen and oxygen atoms in total. The highest BCUT2D eigenvalue weighted by atomic mass is 19.1. The van der Waals surface area contributed by atoms with Crippen molar-refractivity contribution in [2.75, 3.05) is 13.1 Å². The number of carbonyl (C=O) groups is 2. The molecule has 1 saturated heterocycles. The van der Waals surface area contributed by atoms with Crippen molar-refractivity contribution in [3.8, 4) is 56.8 Å². The predicted octanol–water partition coefficient (Wildman–Crippen LogP) is 10.2. The Bertz CT molecular complexity index is 2640. The van der Waals surface area contributed by atoms with E-state index in [1.165, 1.54) is 36.5 Å². The van der Waals surface area contributed by atoms with Gasteiger partial charge in [-0.25, -0.2) is 4.39 Å². The number of likely N-dealkylation sites (tertiary alicyclic amines) is 1. The fourth-order valence-electron chi connectivity index (χ4n) is 7.95. The molecule has 3 heterocycles. The zero-order chi connectivity index (χ0) is 44.6. The van der Waals surface area contributed by atoms with Crippen LogP contribution in [0.3, 0.4) is 0 Å². The summed E-state index contributed by atoms with van der Waals surface area (Å²) in [5, 5.41) is 30.5. The summed E-state index contributed by atoms with van der Waals surface area (Å²) in [5.74, 6) is -0.499. The summed E-state index contributed by atoms with van der Waals surface area (Å²) in [6, 6.07) is 39.1. The Kier molecular flexibility index (Phi) is 13.5. The largest absolute Gasteiger partial charge is 0.480 e. The normalized spacial score (nSPS) is 15.0. The van der Waals surface area contributed by atoms with Gasteiger partial charge in [-0.1, -0.05) is 128 Å². The molecule has 2 fully saturated rings. The molecule has 1 aliphatic carbocycles. The zero-order valence-electron chi connectivity index (χ0n) is 35.9. The third-order valence-electron chi connectivity index (χ3n) is 12.1. The first-order valence-corrected chi connectivity index (χ1v) is 21.8. The minimum absolute atomic E-state index is 0.0638. The fraction of sp³-hybridized carbons (Fsp3) is 0.294. The summed E-state index contributed by atoms with van der Waals surface area (Å²) >= 11 is 0. The van der Waals surface area contributed by atoms with Gasteiger partial charge in [0.1, 0.15) is 5.82 Å². The molecule has 1 saturated carbocycles. The van der Waals surface area contributed by atoms with Crippen LogP contribution < -0.4 is 5.32 Å². The van der Waals surface area contributed by atoms with Crippen LogP contribution in [0.4, 0.5) is 4.39 Å². The fourth-order valence-corrected chi connectivity index (χ4v) is 7.95. The van der Waals surface area contributed by atoms with Crippen LogP contribution in [-0.4, -0.2) is 66.5 Å². The van der Waals surface area contributed by atoms with Crippen molar-refractivity contribution >= 4 is 11.9 Å². The SMILES string of the molecule is CC(C)Cc1ccc(-c2nc(-c3ccc(CNC4CCC4)cc3)no2)cc1.O=C(O)C1(C(=O)O)CCN(Cc2ccc(-c3noc(-c4ccc(-c5ccccc5)c(F)c4)n3)cc2)CC1. The smallest absolute Gasteiger partial charge is 0.321 e. The van der Waals surface area contributed by atoms with E-state index in [1.807, 2.05) is 59.5 Å². The highest BCUT2D eigenvalue weighted by Gasteiger charge is 2.48. The number of carboxylic acids is 2. The van der Waals surface area contributed by atoms with Gasteiger partial charge in [0.25, 0.3) is 11.8 Å². The molecular formula is C51H51FN6O6. The number of aromatic nitrogens is 4. The third kappa shape index (κ3) is 10.3. The maximum absolute atomic E-state index is 14.8. The molecule has 7 aromatic rings. The molecular weight excluding hydrogens is 812 g/mol. The lowest BCUT2D eigenvalue weighted by Gasteiger charge is -2.36. The Hall–Kier alpha value is -6.83. The molecule has 3 N–H and O–H groups in total. The van der Waals surface area contributed by atoms with Crippen LogP contribution in [-0.2, 0) is 29.1 Å². The van der Waals surface area contributed by atoms with Gasteiger partial charge in [0.2, 0.25) is 11.6 Å². The van der Waals surface area contributed by atoms with Crippen LogP contribution in [0.15, 0.2) is 130 Å². The minimum Gasteiger partial charge on any atom is -0.480 e. The number of nitrogens with zero attached hydrogens (tertiary/aromatic N) is 5. The second-order valence-electron chi connectivity index (χ2n) is 17.1. The zero-order valence-corrected chi connectivity index (χ0v) is 35.9. The van der Waals surface area contributed by atoms with E-state index in [0.717, 1.165) is 40.8 Å². The van der Waals surface area contributed by atoms with Crippen LogP contribution in [0.5, 0.6) is 0 Å². The predicted molar refractivity (Wildman–Crippen MR) is 241 cm³/mol. The van der Waals surface area contributed by atoms with Crippen LogP contribution in [0.2, 0.25) is 0 Å². The van der Waals surface area contributed by atoms with Crippen molar-refractivity contribution in [1.82, 2.24) is 30.5 Å². The number of benzene rings is 5. The van der Waals surface area contributed by atoms with Crippen LogP contribution in [0.1, 0.15) is 62.6 Å². The Morgan fingerprint density at radius 3 is 1.77 bits per heavy atom. The van der Waals surface area contributed by atoms with Crippen molar-refractivity contribution < 1.29 is 33.2 Å².